The zero-order valence-electron chi connectivity index (χ0n) is 14.1. The lowest BCUT2D eigenvalue weighted by molar-refractivity contribution is -0.118. The van der Waals surface area contributed by atoms with Gasteiger partial charge in [-0.05, 0) is 43.5 Å². The Bertz CT molecular complexity index is 776. The van der Waals surface area contributed by atoms with Gasteiger partial charge < -0.3 is 15.0 Å². The van der Waals surface area contributed by atoms with Gasteiger partial charge >= 0.3 is 0 Å². The lowest BCUT2D eigenvalue weighted by atomic mass is 10.1. The van der Waals surface area contributed by atoms with Crippen LogP contribution in [0, 0.1) is 6.92 Å². The van der Waals surface area contributed by atoms with Crippen LogP contribution in [0.15, 0.2) is 36.4 Å². The number of hydrogen-bond donors (Lipinski definition) is 1. The molecule has 24 heavy (non-hydrogen) atoms. The molecule has 0 aliphatic carbocycles. The van der Waals surface area contributed by atoms with E-state index in [9.17, 15) is 4.79 Å². The third-order valence-corrected chi connectivity index (χ3v) is 4.78. The van der Waals surface area contributed by atoms with Gasteiger partial charge in [0.2, 0.25) is 5.91 Å². The standard InChI is InChI=1S/C19H21ClN2O2/c1-12-10-16(18(24-3)11-15(12)20)21-13(2)19(23)22-9-8-14-6-4-5-7-17(14)22/h4-7,10-11,13,21H,8-9H2,1-3H3/t13-/m0/s1. The molecule has 1 aliphatic heterocycles. The van der Waals surface area contributed by atoms with Crippen molar-refractivity contribution in [3.8, 4) is 5.75 Å². The maximum atomic E-state index is 12.9. The number of amides is 1. The number of ether oxygens (including phenoxy) is 1. The Labute approximate surface area is 147 Å². The molecule has 0 saturated carbocycles. The van der Waals surface area contributed by atoms with E-state index in [1.165, 1.54) is 5.56 Å². The molecule has 1 amide bonds. The van der Waals surface area contributed by atoms with Crippen molar-refractivity contribution in [1.29, 1.82) is 0 Å². The third kappa shape index (κ3) is 3.06. The first-order valence-electron chi connectivity index (χ1n) is 8.01. The Balaban J connectivity index is 1.80. The largest absolute Gasteiger partial charge is 0.495 e. The fraction of sp³-hybridized carbons (Fsp3) is 0.316. The average molecular weight is 345 g/mol. The molecule has 0 spiro atoms. The number of nitrogens with zero attached hydrogens (tertiary/aromatic N) is 1. The van der Waals surface area contributed by atoms with E-state index in [4.69, 9.17) is 16.3 Å². The number of fused-ring (bicyclic) bond motifs is 1. The summed E-state index contributed by atoms with van der Waals surface area (Å²) in [6.07, 6.45) is 0.901. The van der Waals surface area contributed by atoms with Crippen LogP contribution in [-0.4, -0.2) is 25.6 Å². The van der Waals surface area contributed by atoms with E-state index in [0.717, 1.165) is 29.9 Å². The van der Waals surface area contributed by atoms with Gasteiger partial charge in [-0.1, -0.05) is 29.8 Å². The van der Waals surface area contributed by atoms with E-state index in [-0.39, 0.29) is 11.9 Å². The van der Waals surface area contributed by atoms with E-state index >= 15 is 0 Å². The van der Waals surface area contributed by atoms with Crippen molar-refractivity contribution in [3.05, 3.63) is 52.5 Å². The minimum Gasteiger partial charge on any atom is -0.495 e. The molecule has 1 heterocycles. The highest BCUT2D eigenvalue weighted by Crippen LogP contribution is 2.32. The normalized spacial score (nSPS) is 14.2. The van der Waals surface area contributed by atoms with Crippen LogP contribution in [0.2, 0.25) is 5.02 Å². The maximum absolute atomic E-state index is 12.9. The van der Waals surface area contributed by atoms with Crippen molar-refractivity contribution >= 4 is 28.9 Å². The van der Waals surface area contributed by atoms with Gasteiger partial charge in [-0.3, -0.25) is 4.79 Å². The lowest BCUT2D eigenvalue weighted by Crippen LogP contribution is -2.40. The Morgan fingerprint density at radius 1 is 1.33 bits per heavy atom. The van der Waals surface area contributed by atoms with Gasteiger partial charge in [0, 0.05) is 23.3 Å². The Hall–Kier alpha value is -2.20. The van der Waals surface area contributed by atoms with E-state index < -0.39 is 0 Å². The van der Waals surface area contributed by atoms with Gasteiger partial charge in [0.15, 0.2) is 0 Å². The van der Waals surface area contributed by atoms with Crippen molar-refractivity contribution in [1.82, 2.24) is 0 Å². The van der Waals surface area contributed by atoms with Crippen LogP contribution in [0.1, 0.15) is 18.1 Å². The summed E-state index contributed by atoms with van der Waals surface area (Å²) in [5.74, 6) is 0.682. The first-order valence-corrected chi connectivity index (χ1v) is 8.39. The molecule has 0 bridgehead atoms. The SMILES string of the molecule is COc1cc(Cl)c(C)cc1N[C@@H](C)C(=O)N1CCc2ccccc21. The highest BCUT2D eigenvalue weighted by Gasteiger charge is 2.28. The number of nitrogens with one attached hydrogen (secondary N) is 1. The quantitative estimate of drug-likeness (QED) is 0.909. The molecule has 0 saturated heterocycles. The molecule has 0 unspecified atom stereocenters. The lowest BCUT2D eigenvalue weighted by Gasteiger charge is -2.24. The van der Waals surface area contributed by atoms with Crippen LogP contribution < -0.4 is 15.0 Å². The summed E-state index contributed by atoms with van der Waals surface area (Å²) in [4.78, 5) is 14.7. The molecule has 1 aliphatic rings. The van der Waals surface area contributed by atoms with Crippen molar-refractivity contribution in [3.63, 3.8) is 0 Å². The highest BCUT2D eigenvalue weighted by molar-refractivity contribution is 6.31. The van der Waals surface area contributed by atoms with E-state index in [1.54, 1.807) is 13.2 Å². The molecule has 4 nitrogen and oxygen atoms in total. The third-order valence-electron chi connectivity index (χ3n) is 4.38. The zero-order valence-corrected chi connectivity index (χ0v) is 14.9. The predicted octanol–water partition coefficient (Wildman–Crippen LogP) is 4.05. The summed E-state index contributed by atoms with van der Waals surface area (Å²) in [5, 5.41) is 3.91. The van der Waals surface area contributed by atoms with Crippen molar-refractivity contribution in [2.45, 2.75) is 26.3 Å². The van der Waals surface area contributed by atoms with Crippen LogP contribution in [0.25, 0.3) is 0 Å². The van der Waals surface area contributed by atoms with E-state index in [2.05, 4.69) is 11.4 Å². The fourth-order valence-electron chi connectivity index (χ4n) is 3.04. The second-order valence-electron chi connectivity index (χ2n) is 6.04. The summed E-state index contributed by atoms with van der Waals surface area (Å²) in [7, 11) is 1.59. The molecule has 0 radical (unpaired) electrons. The second-order valence-corrected chi connectivity index (χ2v) is 6.44. The summed E-state index contributed by atoms with van der Waals surface area (Å²) in [6.45, 7) is 4.52. The topological polar surface area (TPSA) is 41.6 Å². The number of benzene rings is 2. The minimum atomic E-state index is -0.370. The zero-order chi connectivity index (χ0) is 17.3. The van der Waals surface area contributed by atoms with Crippen LogP contribution in [-0.2, 0) is 11.2 Å². The van der Waals surface area contributed by atoms with Crippen LogP contribution in [0.4, 0.5) is 11.4 Å². The highest BCUT2D eigenvalue weighted by atomic mass is 35.5. The molecule has 0 fully saturated rings. The molecule has 1 N–H and O–H groups in total. The first-order chi connectivity index (χ1) is 11.5. The van der Waals surface area contributed by atoms with Crippen LogP contribution in [0.5, 0.6) is 5.75 Å². The summed E-state index contributed by atoms with van der Waals surface area (Å²) in [5.41, 5.74) is 3.94. The number of para-hydroxylation sites is 1. The number of rotatable bonds is 4. The molecule has 1 atom stereocenters. The first kappa shape index (κ1) is 16.7. The summed E-state index contributed by atoms with van der Waals surface area (Å²) < 4.78 is 5.37. The molecule has 0 aromatic heterocycles. The number of methoxy groups -OCH3 is 1. The van der Waals surface area contributed by atoms with Crippen LogP contribution in [0.3, 0.4) is 0 Å². The number of aryl methyl sites for hydroxylation is 1. The summed E-state index contributed by atoms with van der Waals surface area (Å²) >= 11 is 6.14. The summed E-state index contributed by atoms with van der Waals surface area (Å²) in [6, 6.07) is 11.4. The van der Waals surface area contributed by atoms with Gasteiger partial charge in [0.05, 0.1) is 12.8 Å². The number of carbonyl (C=O) groups excluding carboxylic acids is 1. The van der Waals surface area contributed by atoms with Gasteiger partial charge in [0.25, 0.3) is 0 Å². The monoisotopic (exact) mass is 344 g/mol. The van der Waals surface area contributed by atoms with Crippen molar-refractivity contribution in [2.24, 2.45) is 0 Å². The molecule has 2 aromatic carbocycles. The van der Waals surface area contributed by atoms with Crippen molar-refractivity contribution < 1.29 is 9.53 Å². The Morgan fingerprint density at radius 3 is 2.83 bits per heavy atom. The number of anilines is 2. The molecular formula is C19H21ClN2O2. The minimum absolute atomic E-state index is 0.0506. The number of carbonyl (C=O) groups is 1. The van der Waals surface area contributed by atoms with Crippen LogP contribution >= 0.6 is 11.6 Å². The fourth-order valence-corrected chi connectivity index (χ4v) is 3.19. The number of halogens is 1. The molecular weight excluding hydrogens is 324 g/mol. The average Bonchev–Trinajstić information content (AvgIpc) is 3.01. The predicted molar refractivity (Wildman–Crippen MR) is 98.3 cm³/mol. The van der Waals surface area contributed by atoms with Gasteiger partial charge in [0.1, 0.15) is 11.8 Å². The maximum Gasteiger partial charge on any atom is 0.249 e. The molecule has 2 aromatic rings. The molecule has 5 heteroatoms. The van der Waals surface area contributed by atoms with E-state index in [1.807, 2.05) is 43.0 Å². The van der Waals surface area contributed by atoms with Gasteiger partial charge in [-0.25, -0.2) is 0 Å². The second kappa shape index (κ2) is 6.73. The smallest absolute Gasteiger partial charge is 0.249 e. The number of hydrogen-bond acceptors (Lipinski definition) is 3. The molecule has 3 rings (SSSR count). The Kier molecular flexibility index (Phi) is 4.67. The van der Waals surface area contributed by atoms with Gasteiger partial charge in [-0.2, -0.15) is 0 Å². The van der Waals surface area contributed by atoms with Gasteiger partial charge in [-0.15, -0.1) is 0 Å². The Morgan fingerprint density at radius 2 is 2.08 bits per heavy atom. The van der Waals surface area contributed by atoms with E-state index in [0.29, 0.717) is 10.8 Å². The van der Waals surface area contributed by atoms with Crippen molar-refractivity contribution in [2.75, 3.05) is 23.9 Å². The molecule has 126 valence electrons.